The van der Waals surface area contributed by atoms with Gasteiger partial charge in [-0.3, -0.25) is 0 Å². The third-order valence-electron chi connectivity index (χ3n) is 8.20. The van der Waals surface area contributed by atoms with Gasteiger partial charge in [0.15, 0.2) is 0 Å². The molecule has 3 heteroatoms. The molecule has 0 saturated heterocycles. The number of anilines is 3. The number of para-hydroxylation sites is 2. The van der Waals surface area contributed by atoms with Crippen molar-refractivity contribution in [2.45, 2.75) is 0 Å². The zero-order chi connectivity index (χ0) is 26.9. The van der Waals surface area contributed by atoms with Crippen molar-refractivity contribution in [3.05, 3.63) is 140 Å². The van der Waals surface area contributed by atoms with E-state index in [0.717, 1.165) is 60.9 Å². The average Bonchev–Trinajstić information content (AvgIpc) is 3.58. The fourth-order valence-corrected chi connectivity index (χ4v) is 6.28. The maximum atomic E-state index is 6.45. The van der Waals surface area contributed by atoms with E-state index in [9.17, 15) is 0 Å². The minimum Gasteiger partial charge on any atom is -0.456 e. The third-order valence-corrected chi connectivity index (χ3v) is 8.20. The van der Waals surface area contributed by atoms with Crippen LogP contribution in [0.3, 0.4) is 0 Å². The molecule has 9 rings (SSSR count). The second-order valence-electron chi connectivity index (χ2n) is 10.6. The lowest BCUT2D eigenvalue weighted by Gasteiger charge is -2.25. The molecule has 0 amide bonds. The molecule has 9 aromatic rings. The van der Waals surface area contributed by atoms with E-state index in [2.05, 4.69) is 132 Å². The van der Waals surface area contributed by atoms with Crippen LogP contribution in [-0.2, 0) is 0 Å². The summed E-state index contributed by atoms with van der Waals surface area (Å²) >= 11 is 0. The van der Waals surface area contributed by atoms with Crippen molar-refractivity contribution in [2.75, 3.05) is 4.90 Å². The van der Waals surface area contributed by atoms with E-state index in [1.54, 1.807) is 0 Å². The van der Waals surface area contributed by atoms with Crippen LogP contribution in [0.25, 0.3) is 65.4 Å². The molecular weight excluding hydrogens is 502 g/mol. The van der Waals surface area contributed by atoms with Crippen LogP contribution >= 0.6 is 0 Å². The average molecular weight is 526 g/mol. The molecule has 192 valence electrons. The first-order valence-electron chi connectivity index (χ1n) is 13.8. The fraction of sp³-hybridized carbons (Fsp3) is 0. The number of hydrogen-bond acceptors (Lipinski definition) is 3. The highest BCUT2D eigenvalue weighted by atomic mass is 16.3. The molecule has 0 fully saturated rings. The lowest BCUT2D eigenvalue weighted by molar-refractivity contribution is 0.669. The summed E-state index contributed by atoms with van der Waals surface area (Å²) in [5, 5.41) is 9.28. The highest BCUT2D eigenvalue weighted by Crippen LogP contribution is 2.42. The summed E-state index contributed by atoms with van der Waals surface area (Å²) in [6, 6.07) is 49.0. The van der Waals surface area contributed by atoms with Crippen LogP contribution in [0.4, 0.5) is 17.1 Å². The Morgan fingerprint density at radius 2 is 1.02 bits per heavy atom. The highest BCUT2D eigenvalue weighted by molar-refractivity contribution is 6.19. The van der Waals surface area contributed by atoms with Crippen molar-refractivity contribution in [1.29, 1.82) is 0 Å². The predicted octanol–water partition coefficient (Wildman–Crippen LogP) is 11.3. The number of nitrogens with zero attached hydrogens (tertiary/aromatic N) is 1. The van der Waals surface area contributed by atoms with Gasteiger partial charge in [-0.1, -0.05) is 72.8 Å². The van der Waals surface area contributed by atoms with Gasteiger partial charge >= 0.3 is 0 Å². The molecule has 0 aliphatic rings. The van der Waals surface area contributed by atoms with Gasteiger partial charge in [0.05, 0.1) is 0 Å². The van der Waals surface area contributed by atoms with Crippen LogP contribution in [-0.4, -0.2) is 0 Å². The number of rotatable bonds is 3. The molecule has 0 bridgehead atoms. The number of fused-ring (bicyclic) bond motifs is 9. The Bertz CT molecular complexity index is 2430. The quantitative estimate of drug-likeness (QED) is 0.230. The molecule has 41 heavy (non-hydrogen) atoms. The molecule has 0 spiro atoms. The Morgan fingerprint density at radius 3 is 1.93 bits per heavy atom. The fourth-order valence-electron chi connectivity index (χ4n) is 6.28. The van der Waals surface area contributed by atoms with Gasteiger partial charge in [0.1, 0.15) is 22.3 Å². The molecule has 3 nitrogen and oxygen atoms in total. The minimum atomic E-state index is 0.873. The van der Waals surface area contributed by atoms with Crippen LogP contribution < -0.4 is 4.90 Å². The van der Waals surface area contributed by atoms with Crippen molar-refractivity contribution in [1.82, 2.24) is 0 Å². The zero-order valence-electron chi connectivity index (χ0n) is 22.0. The van der Waals surface area contributed by atoms with Crippen LogP contribution in [0.5, 0.6) is 0 Å². The lowest BCUT2D eigenvalue weighted by atomic mass is 10.0. The van der Waals surface area contributed by atoms with Gasteiger partial charge < -0.3 is 13.7 Å². The summed E-state index contributed by atoms with van der Waals surface area (Å²) in [5.74, 6) is 0. The molecule has 2 aromatic heterocycles. The topological polar surface area (TPSA) is 29.5 Å². The van der Waals surface area contributed by atoms with Crippen LogP contribution in [0, 0.1) is 0 Å². The van der Waals surface area contributed by atoms with E-state index in [1.165, 1.54) is 21.5 Å². The molecule has 7 aromatic carbocycles. The lowest BCUT2D eigenvalue weighted by Crippen LogP contribution is -2.09. The van der Waals surface area contributed by atoms with Gasteiger partial charge in [0, 0.05) is 44.7 Å². The van der Waals surface area contributed by atoms with E-state index in [1.807, 2.05) is 12.1 Å². The maximum absolute atomic E-state index is 6.45. The Morgan fingerprint density at radius 1 is 0.341 bits per heavy atom. The van der Waals surface area contributed by atoms with Crippen molar-refractivity contribution in [3.63, 3.8) is 0 Å². The SMILES string of the molecule is c1ccc(N(c2ccc3c(c2)oc2cc4ccccc4cc23)c2ccc3ccc4oc5ccccc5c4c3c2)cc1. The number of furan rings is 2. The first kappa shape index (κ1) is 22.3. The van der Waals surface area contributed by atoms with Crippen molar-refractivity contribution < 1.29 is 8.83 Å². The van der Waals surface area contributed by atoms with Crippen molar-refractivity contribution in [2.24, 2.45) is 0 Å². The second-order valence-corrected chi connectivity index (χ2v) is 10.6. The second kappa shape index (κ2) is 8.48. The monoisotopic (exact) mass is 525 g/mol. The zero-order valence-corrected chi connectivity index (χ0v) is 22.0. The largest absolute Gasteiger partial charge is 0.456 e. The summed E-state index contributed by atoms with van der Waals surface area (Å²) < 4.78 is 12.7. The van der Waals surface area contributed by atoms with Gasteiger partial charge in [-0.2, -0.15) is 0 Å². The molecule has 0 atom stereocenters. The van der Waals surface area contributed by atoms with Gasteiger partial charge in [-0.15, -0.1) is 0 Å². The first-order valence-corrected chi connectivity index (χ1v) is 13.8. The standard InChI is InChI=1S/C38H23NO2/c1-2-10-27(11-3-1)39(28-16-14-24-15-19-35-38(32(24)22-28)31-12-6-7-13-34(31)40-35)29-17-18-30-33-20-25-8-4-5-9-26(25)21-36(33)41-37(30)23-29/h1-23H. The van der Waals surface area contributed by atoms with E-state index >= 15 is 0 Å². The van der Waals surface area contributed by atoms with E-state index in [4.69, 9.17) is 8.83 Å². The third kappa shape index (κ3) is 3.39. The highest BCUT2D eigenvalue weighted by Gasteiger charge is 2.18. The molecule has 0 N–H and O–H groups in total. The molecule has 0 saturated carbocycles. The maximum Gasteiger partial charge on any atom is 0.137 e. The Balaban J connectivity index is 1.28. The van der Waals surface area contributed by atoms with Gasteiger partial charge in [-0.05, 0) is 82.2 Å². The van der Waals surface area contributed by atoms with Crippen molar-refractivity contribution in [3.8, 4) is 0 Å². The predicted molar refractivity (Wildman–Crippen MR) is 171 cm³/mol. The molecule has 0 radical (unpaired) electrons. The number of benzene rings is 7. The van der Waals surface area contributed by atoms with Crippen LogP contribution in [0.1, 0.15) is 0 Å². The smallest absolute Gasteiger partial charge is 0.137 e. The molecule has 0 aliphatic heterocycles. The van der Waals surface area contributed by atoms with E-state index < -0.39 is 0 Å². The Kier molecular flexibility index (Phi) is 4.61. The summed E-state index contributed by atoms with van der Waals surface area (Å²) in [4.78, 5) is 2.30. The summed E-state index contributed by atoms with van der Waals surface area (Å²) in [5.41, 5.74) is 6.78. The Hall–Kier alpha value is -5.54. The molecular formula is C38H23NO2. The van der Waals surface area contributed by atoms with Gasteiger partial charge in [0.25, 0.3) is 0 Å². The van der Waals surface area contributed by atoms with Gasteiger partial charge in [0.2, 0.25) is 0 Å². The molecule has 2 heterocycles. The van der Waals surface area contributed by atoms with Gasteiger partial charge in [-0.25, -0.2) is 0 Å². The van der Waals surface area contributed by atoms with Crippen LogP contribution in [0.2, 0.25) is 0 Å². The van der Waals surface area contributed by atoms with E-state index in [-0.39, 0.29) is 0 Å². The minimum absolute atomic E-state index is 0.873. The van der Waals surface area contributed by atoms with Crippen molar-refractivity contribution >= 4 is 82.5 Å². The number of hydrogen-bond donors (Lipinski definition) is 0. The van der Waals surface area contributed by atoms with E-state index in [0.29, 0.717) is 0 Å². The molecule has 0 aliphatic carbocycles. The summed E-state index contributed by atoms with van der Waals surface area (Å²) in [6.07, 6.45) is 0. The summed E-state index contributed by atoms with van der Waals surface area (Å²) in [6.45, 7) is 0. The molecule has 0 unspecified atom stereocenters. The Labute approximate surface area is 235 Å². The normalized spacial score (nSPS) is 11.9. The summed E-state index contributed by atoms with van der Waals surface area (Å²) in [7, 11) is 0. The van der Waals surface area contributed by atoms with Crippen LogP contribution in [0.15, 0.2) is 148 Å². The first-order chi connectivity index (χ1) is 20.3.